The topological polar surface area (TPSA) is 132 Å². The highest BCUT2D eigenvalue weighted by molar-refractivity contribution is 7.99. The maximum atomic E-state index is 12.9. The van der Waals surface area contributed by atoms with Crippen LogP contribution in [0.3, 0.4) is 0 Å². The average molecular weight is 497 g/mol. The second-order valence-electron chi connectivity index (χ2n) is 8.29. The first kappa shape index (κ1) is 25.9. The Morgan fingerprint density at radius 1 is 1.14 bits per heavy atom. The number of anilines is 1. The van der Waals surface area contributed by atoms with E-state index in [1.807, 2.05) is 56.5 Å². The first-order valence-electron chi connectivity index (χ1n) is 11.2. The molecule has 1 heterocycles. The molecule has 0 radical (unpaired) electrons. The van der Waals surface area contributed by atoms with Gasteiger partial charge in [0.25, 0.3) is 11.6 Å². The van der Waals surface area contributed by atoms with E-state index < -0.39 is 16.9 Å². The van der Waals surface area contributed by atoms with Crippen molar-refractivity contribution in [1.29, 1.82) is 0 Å². The van der Waals surface area contributed by atoms with E-state index in [-0.39, 0.29) is 28.8 Å². The van der Waals surface area contributed by atoms with Crippen LogP contribution in [0.2, 0.25) is 0 Å². The van der Waals surface area contributed by atoms with Crippen LogP contribution in [0, 0.1) is 23.0 Å². The van der Waals surface area contributed by atoms with Gasteiger partial charge in [-0.25, -0.2) is 0 Å². The SMILES string of the molecule is CCn1c(SCC(=O)Nc2cccc(C)c2)nnc1[C@@H](NC(=O)c1cccc([N+](=O)[O-])c1)C(C)C. The van der Waals surface area contributed by atoms with E-state index in [2.05, 4.69) is 20.8 Å². The van der Waals surface area contributed by atoms with Crippen molar-refractivity contribution in [2.45, 2.75) is 45.4 Å². The lowest BCUT2D eigenvalue weighted by molar-refractivity contribution is -0.384. The van der Waals surface area contributed by atoms with E-state index in [1.54, 1.807) is 0 Å². The second kappa shape index (κ2) is 11.6. The largest absolute Gasteiger partial charge is 0.342 e. The van der Waals surface area contributed by atoms with Crippen molar-refractivity contribution >= 4 is 35.0 Å². The van der Waals surface area contributed by atoms with E-state index in [0.717, 1.165) is 11.3 Å². The van der Waals surface area contributed by atoms with Crippen LogP contribution in [0.1, 0.15) is 48.6 Å². The highest BCUT2D eigenvalue weighted by atomic mass is 32.2. The van der Waals surface area contributed by atoms with Crippen LogP contribution in [-0.4, -0.2) is 37.3 Å². The summed E-state index contributed by atoms with van der Waals surface area (Å²) in [6, 6.07) is 12.7. The van der Waals surface area contributed by atoms with Crippen molar-refractivity contribution in [3.05, 3.63) is 75.6 Å². The Hall–Kier alpha value is -3.73. The van der Waals surface area contributed by atoms with Crippen LogP contribution in [0.5, 0.6) is 0 Å². The molecule has 0 saturated carbocycles. The van der Waals surface area contributed by atoms with Gasteiger partial charge in [0.05, 0.1) is 16.7 Å². The third-order valence-electron chi connectivity index (χ3n) is 5.25. The molecule has 2 amide bonds. The molecule has 0 bridgehead atoms. The Kier molecular flexibility index (Phi) is 8.58. The third kappa shape index (κ3) is 6.66. The molecule has 0 aliphatic heterocycles. The Balaban J connectivity index is 1.73. The molecule has 11 heteroatoms. The number of thioether (sulfide) groups is 1. The van der Waals surface area contributed by atoms with Gasteiger partial charge in [0.15, 0.2) is 11.0 Å². The third-order valence-corrected chi connectivity index (χ3v) is 6.21. The minimum Gasteiger partial charge on any atom is -0.342 e. The molecule has 2 N–H and O–H groups in total. The zero-order valence-corrected chi connectivity index (χ0v) is 20.8. The van der Waals surface area contributed by atoms with Gasteiger partial charge in [-0.05, 0) is 43.5 Å². The lowest BCUT2D eigenvalue weighted by Crippen LogP contribution is -2.33. The number of hydrogen-bond acceptors (Lipinski definition) is 7. The van der Waals surface area contributed by atoms with Gasteiger partial charge in [0.1, 0.15) is 0 Å². The standard InChI is InChI=1S/C24H28N6O4S/c1-5-29-22(21(15(2)3)26-23(32)17-9-7-11-19(13-17)30(33)34)27-28-24(29)35-14-20(31)25-18-10-6-8-16(4)12-18/h6-13,15,21H,5,14H2,1-4H3,(H,25,31)(H,26,32)/t21-/m0/s1. The first-order chi connectivity index (χ1) is 16.7. The molecule has 35 heavy (non-hydrogen) atoms. The van der Waals surface area contributed by atoms with E-state index in [9.17, 15) is 19.7 Å². The lowest BCUT2D eigenvalue weighted by Gasteiger charge is -2.22. The molecule has 10 nitrogen and oxygen atoms in total. The maximum absolute atomic E-state index is 12.9. The molecule has 1 atom stereocenters. The summed E-state index contributed by atoms with van der Waals surface area (Å²) in [6.07, 6.45) is 0. The van der Waals surface area contributed by atoms with Crippen LogP contribution in [0.15, 0.2) is 53.7 Å². The Bertz CT molecular complexity index is 1230. The van der Waals surface area contributed by atoms with Gasteiger partial charge in [-0.2, -0.15) is 0 Å². The number of non-ortho nitro benzene ring substituents is 1. The van der Waals surface area contributed by atoms with Gasteiger partial charge in [0.2, 0.25) is 5.91 Å². The quantitative estimate of drug-likeness (QED) is 0.242. The molecule has 184 valence electrons. The molecule has 0 aliphatic rings. The zero-order chi connectivity index (χ0) is 25.5. The lowest BCUT2D eigenvalue weighted by atomic mass is 10.0. The van der Waals surface area contributed by atoms with Crippen LogP contribution in [-0.2, 0) is 11.3 Å². The number of nitro benzene ring substituents is 1. The number of carbonyl (C=O) groups is 2. The number of rotatable bonds is 10. The predicted octanol–water partition coefficient (Wildman–Crippen LogP) is 4.37. The number of aromatic nitrogens is 3. The molecular formula is C24H28N6O4S. The number of amides is 2. The van der Waals surface area contributed by atoms with Gasteiger partial charge in [-0.1, -0.05) is 43.8 Å². The molecule has 0 unspecified atom stereocenters. The van der Waals surface area contributed by atoms with Gasteiger partial charge in [-0.15, -0.1) is 10.2 Å². The summed E-state index contributed by atoms with van der Waals surface area (Å²) in [5.74, 6) is 0.0767. The fraction of sp³-hybridized carbons (Fsp3) is 0.333. The summed E-state index contributed by atoms with van der Waals surface area (Å²) in [4.78, 5) is 35.8. The molecule has 0 aliphatic carbocycles. The smallest absolute Gasteiger partial charge is 0.270 e. The van der Waals surface area contributed by atoms with Gasteiger partial charge < -0.3 is 15.2 Å². The minimum atomic E-state index is -0.539. The minimum absolute atomic E-state index is 0.0328. The van der Waals surface area contributed by atoms with Crippen LogP contribution < -0.4 is 10.6 Å². The second-order valence-corrected chi connectivity index (χ2v) is 9.24. The number of nitrogens with one attached hydrogen (secondary N) is 2. The van der Waals surface area contributed by atoms with E-state index >= 15 is 0 Å². The number of nitro groups is 1. The summed E-state index contributed by atoms with van der Waals surface area (Å²) in [7, 11) is 0. The van der Waals surface area contributed by atoms with Crippen molar-refractivity contribution in [1.82, 2.24) is 20.1 Å². The summed E-state index contributed by atoms with van der Waals surface area (Å²) in [6.45, 7) is 8.31. The fourth-order valence-electron chi connectivity index (χ4n) is 3.50. The number of aryl methyl sites for hydroxylation is 1. The summed E-state index contributed by atoms with van der Waals surface area (Å²) >= 11 is 1.26. The molecule has 2 aromatic carbocycles. The van der Waals surface area contributed by atoms with Gasteiger partial charge >= 0.3 is 0 Å². The Morgan fingerprint density at radius 2 is 1.89 bits per heavy atom. The Labute approximate surface area is 207 Å². The van der Waals surface area contributed by atoms with Crippen molar-refractivity contribution in [2.24, 2.45) is 5.92 Å². The van der Waals surface area contributed by atoms with Crippen LogP contribution >= 0.6 is 11.8 Å². The van der Waals surface area contributed by atoms with E-state index in [0.29, 0.717) is 17.5 Å². The molecule has 1 aromatic heterocycles. The molecule has 0 spiro atoms. The first-order valence-corrected chi connectivity index (χ1v) is 12.2. The number of nitrogens with zero attached hydrogens (tertiary/aromatic N) is 4. The van der Waals surface area contributed by atoms with E-state index in [1.165, 1.54) is 36.0 Å². The predicted molar refractivity (Wildman–Crippen MR) is 134 cm³/mol. The number of hydrogen-bond donors (Lipinski definition) is 2. The molecular weight excluding hydrogens is 468 g/mol. The highest BCUT2D eigenvalue weighted by Crippen LogP contribution is 2.26. The van der Waals surface area contributed by atoms with E-state index in [4.69, 9.17) is 0 Å². The van der Waals surface area contributed by atoms with Crippen molar-refractivity contribution in [3.63, 3.8) is 0 Å². The number of benzene rings is 2. The molecule has 3 aromatic rings. The van der Waals surface area contributed by atoms with Crippen molar-refractivity contribution < 1.29 is 14.5 Å². The molecule has 3 rings (SSSR count). The fourth-order valence-corrected chi connectivity index (χ4v) is 4.31. The normalized spacial score (nSPS) is 11.8. The Morgan fingerprint density at radius 3 is 2.54 bits per heavy atom. The maximum Gasteiger partial charge on any atom is 0.270 e. The average Bonchev–Trinajstić information content (AvgIpc) is 3.23. The van der Waals surface area contributed by atoms with Crippen LogP contribution in [0.4, 0.5) is 11.4 Å². The molecule has 0 saturated heterocycles. The highest BCUT2D eigenvalue weighted by Gasteiger charge is 2.26. The van der Waals surface area contributed by atoms with Crippen molar-refractivity contribution in [3.8, 4) is 0 Å². The van der Waals surface area contributed by atoms with Crippen LogP contribution in [0.25, 0.3) is 0 Å². The number of carbonyl (C=O) groups excluding carboxylic acids is 2. The van der Waals surface area contributed by atoms with Crippen molar-refractivity contribution in [2.75, 3.05) is 11.1 Å². The zero-order valence-electron chi connectivity index (χ0n) is 20.0. The monoisotopic (exact) mass is 496 g/mol. The summed E-state index contributed by atoms with van der Waals surface area (Å²) in [5, 5.41) is 26.0. The van der Waals surface area contributed by atoms with Gasteiger partial charge in [-0.3, -0.25) is 19.7 Å². The summed E-state index contributed by atoms with van der Waals surface area (Å²) in [5.41, 5.74) is 1.82. The summed E-state index contributed by atoms with van der Waals surface area (Å²) < 4.78 is 1.86. The molecule has 0 fully saturated rings. The van der Waals surface area contributed by atoms with Gasteiger partial charge in [0, 0.05) is 29.9 Å².